The molecule has 67 heavy (non-hydrogen) atoms. The van der Waals surface area contributed by atoms with Gasteiger partial charge in [0.15, 0.2) is 81.9 Å². The second-order valence-corrected chi connectivity index (χ2v) is 15.0. The van der Waals surface area contributed by atoms with Crippen molar-refractivity contribution < 1.29 is 129 Å². The van der Waals surface area contributed by atoms with Crippen molar-refractivity contribution in [1.29, 1.82) is 0 Å². The topological polar surface area (TPSA) is 455 Å². The second kappa shape index (κ2) is 14.2. The van der Waals surface area contributed by atoms with Crippen molar-refractivity contribution in [3.63, 3.8) is 0 Å². The van der Waals surface area contributed by atoms with Crippen LogP contribution in [0.5, 0.6) is 86.2 Å². The number of ether oxygens (including phenoxy) is 5. The van der Waals surface area contributed by atoms with Crippen molar-refractivity contribution in [2.24, 2.45) is 0 Å². The highest BCUT2D eigenvalue weighted by Gasteiger charge is 2.55. The maximum absolute atomic E-state index is 15.0. The smallest absolute Gasteiger partial charge is 0.340 e. The molecule has 0 fully saturated rings. The van der Waals surface area contributed by atoms with Gasteiger partial charge in [-0.2, -0.15) is 0 Å². The van der Waals surface area contributed by atoms with Crippen LogP contribution in [-0.2, 0) is 23.7 Å². The van der Waals surface area contributed by atoms with E-state index in [1.165, 1.54) is 0 Å². The van der Waals surface area contributed by atoms with Gasteiger partial charge in [0.05, 0.1) is 27.8 Å². The van der Waals surface area contributed by atoms with Gasteiger partial charge >= 0.3 is 29.8 Å². The fourth-order valence-electron chi connectivity index (χ4n) is 8.39. The summed E-state index contributed by atoms with van der Waals surface area (Å²) in [5, 5.41) is 177. The number of esters is 5. The Bertz CT molecular complexity index is 3190. The van der Waals surface area contributed by atoms with Gasteiger partial charge in [-0.15, -0.1) is 0 Å². The minimum absolute atomic E-state index is 0.323. The number of hydrogen-bond donors (Lipinski definition) is 16. The summed E-state index contributed by atoms with van der Waals surface area (Å²) in [5.41, 5.74) is -14.9. The minimum atomic E-state index is -2.79. The van der Waals surface area contributed by atoms with Crippen molar-refractivity contribution >= 4 is 29.8 Å². The molecule has 346 valence electrons. The summed E-state index contributed by atoms with van der Waals surface area (Å²) >= 11 is 0. The molecule has 0 saturated carbocycles. The summed E-state index contributed by atoms with van der Waals surface area (Å²) in [6.07, 6.45) is -13.4. The largest absolute Gasteiger partial charge is 0.504 e. The number of fused-ring (bicyclic) bond motifs is 7. The average molecular weight is 935 g/mol. The first-order chi connectivity index (χ1) is 31.5. The zero-order valence-corrected chi connectivity index (χ0v) is 32.6. The van der Waals surface area contributed by atoms with Gasteiger partial charge in [-0.05, 0) is 18.2 Å². The highest BCUT2D eigenvalue weighted by Crippen LogP contribution is 2.62. The lowest BCUT2D eigenvalue weighted by Gasteiger charge is -2.40. The monoisotopic (exact) mass is 934 g/mol. The number of aliphatic hydroxyl groups excluding tert-OH is 1. The number of benzene rings is 5. The molecule has 0 aromatic heterocycles. The number of carbonyl (C=O) groups excluding carboxylic acids is 5. The molecule has 5 aromatic carbocycles. The Morgan fingerprint density at radius 3 is 1.21 bits per heavy atom. The third kappa shape index (κ3) is 5.68. The number of rotatable bonds is 0. The van der Waals surface area contributed by atoms with E-state index in [-0.39, 0.29) is 0 Å². The molecule has 5 atom stereocenters. The second-order valence-electron chi connectivity index (χ2n) is 15.0. The third-order valence-electron chi connectivity index (χ3n) is 11.4. The lowest BCUT2D eigenvalue weighted by molar-refractivity contribution is -0.154. The lowest BCUT2D eigenvalue weighted by Crippen LogP contribution is -2.56. The fraction of sp³-hybridized carbons (Fsp3) is 0.146. The zero-order chi connectivity index (χ0) is 48.7. The average Bonchev–Trinajstić information content (AvgIpc) is 3.30. The Kier molecular flexibility index (Phi) is 9.05. The number of hydrogen-bond acceptors (Lipinski definition) is 26. The fourth-order valence-corrected chi connectivity index (χ4v) is 8.39. The van der Waals surface area contributed by atoms with E-state index < -0.39 is 220 Å². The minimum Gasteiger partial charge on any atom is -0.504 e. The molecule has 5 aliphatic heterocycles. The predicted molar refractivity (Wildman–Crippen MR) is 206 cm³/mol. The van der Waals surface area contributed by atoms with Crippen molar-refractivity contribution in [2.75, 3.05) is 6.61 Å². The molecule has 10 rings (SSSR count). The van der Waals surface area contributed by atoms with Crippen LogP contribution in [0.1, 0.15) is 63.5 Å². The molecule has 0 radical (unpaired) electrons. The summed E-state index contributed by atoms with van der Waals surface area (Å²) in [7, 11) is 0. The van der Waals surface area contributed by atoms with Crippen molar-refractivity contribution in [3.05, 3.63) is 51.6 Å². The van der Waals surface area contributed by atoms with Crippen LogP contribution >= 0.6 is 0 Å². The van der Waals surface area contributed by atoms with Crippen molar-refractivity contribution in [1.82, 2.24) is 0 Å². The molecule has 0 aliphatic carbocycles. The lowest BCUT2D eigenvalue weighted by atomic mass is 9.80. The standard InChI is InChI=1S/C41H26O26/c42-8-1-5-12(24(48)21(8)45)13-6(2-9(43)22(46)25(13)49)39(60)65-34-11(4-63-37(5)58)64-38(59)7-3-10(44)23(47)26(50)14(7)15-18-16(28(52)32(56)27(15)51)17-19-20(30(54)33(57)29(17)53)31(55)35(66-41(19)62)36(34)67-40(18)61/h1-3,11,31,34-36,42-57H,4H2/t11-,31-,34+,35+,36-/m0/s1. The Balaban J connectivity index is 1.44. The highest BCUT2D eigenvalue weighted by atomic mass is 16.6. The van der Waals surface area contributed by atoms with E-state index in [0.29, 0.717) is 18.2 Å². The van der Waals surface area contributed by atoms with E-state index in [0.717, 1.165) is 0 Å². The first-order valence-corrected chi connectivity index (χ1v) is 18.6. The van der Waals surface area contributed by atoms with Crippen LogP contribution in [-0.4, -0.2) is 143 Å². The van der Waals surface area contributed by atoms with Crippen molar-refractivity contribution in [2.45, 2.75) is 30.5 Å². The van der Waals surface area contributed by atoms with Gasteiger partial charge in [0.1, 0.15) is 12.7 Å². The Hall–Kier alpha value is -9.59. The maximum atomic E-state index is 15.0. The van der Waals surface area contributed by atoms with Gasteiger partial charge in [0.2, 0.25) is 28.7 Å². The number of carbonyl (C=O) groups is 5. The first kappa shape index (κ1) is 42.7. The summed E-state index contributed by atoms with van der Waals surface area (Å²) in [4.78, 5) is 72.4. The van der Waals surface area contributed by atoms with Crippen LogP contribution in [0.15, 0.2) is 18.2 Å². The molecular weight excluding hydrogens is 908 g/mol. The van der Waals surface area contributed by atoms with E-state index in [9.17, 15) is 106 Å². The summed E-state index contributed by atoms with van der Waals surface area (Å²) in [6, 6.07) is 1.07. The number of phenols is 15. The van der Waals surface area contributed by atoms with Gasteiger partial charge < -0.3 is 105 Å². The molecule has 5 aliphatic rings. The molecule has 5 aromatic rings. The third-order valence-corrected chi connectivity index (χ3v) is 11.4. The van der Waals surface area contributed by atoms with E-state index >= 15 is 0 Å². The highest BCUT2D eigenvalue weighted by molar-refractivity contribution is 6.16. The van der Waals surface area contributed by atoms with Gasteiger partial charge in [0.25, 0.3) is 0 Å². The van der Waals surface area contributed by atoms with Crippen LogP contribution < -0.4 is 0 Å². The van der Waals surface area contributed by atoms with E-state index in [1.807, 2.05) is 0 Å². The first-order valence-electron chi connectivity index (χ1n) is 18.6. The molecule has 0 unspecified atom stereocenters. The van der Waals surface area contributed by atoms with Crippen LogP contribution in [0.4, 0.5) is 0 Å². The number of aliphatic hydroxyl groups is 1. The SMILES string of the molecule is O=C1OC[C@@H]2OC(=O)c3cc(O)c(O)c(O)c3-c3c(O)c(O)c(O)c4c3C(=O)O[C@@H]([C@@H]2OC(=O)c2cc(O)c(O)c(O)c2-c2c1cc(O)c(O)c2O)[C@@H]1OC(=O)c2c-4c(O)c(O)c(O)c2[C@@H]1O. The van der Waals surface area contributed by atoms with Crippen LogP contribution in [0, 0.1) is 0 Å². The summed E-state index contributed by atoms with van der Waals surface area (Å²) in [5.74, 6) is -32.1. The normalized spacial score (nSPS) is 20.6. The molecule has 26 heteroatoms. The molecule has 6 bridgehead atoms. The molecule has 0 saturated heterocycles. The van der Waals surface area contributed by atoms with Crippen LogP contribution in [0.2, 0.25) is 0 Å². The molecular formula is C41H26O26. The quantitative estimate of drug-likeness (QED) is 0.0591. The molecule has 0 spiro atoms. The van der Waals surface area contributed by atoms with Gasteiger partial charge in [-0.1, -0.05) is 0 Å². The van der Waals surface area contributed by atoms with Crippen LogP contribution in [0.3, 0.4) is 0 Å². The molecule has 5 heterocycles. The van der Waals surface area contributed by atoms with E-state index in [4.69, 9.17) is 23.7 Å². The van der Waals surface area contributed by atoms with E-state index in [2.05, 4.69) is 0 Å². The maximum Gasteiger partial charge on any atom is 0.340 e. The number of cyclic esters (lactones) is 1. The molecule has 0 amide bonds. The van der Waals surface area contributed by atoms with Gasteiger partial charge in [-0.3, -0.25) is 0 Å². The molecule has 26 nitrogen and oxygen atoms in total. The predicted octanol–water partition coefficient (Wildman–Crippen LogP) is 1.32. The Morgan fingerprint density at radius 1 is 0.343 bits per heavy atom. The van der Waals surface area contributed by atoms with Crippen LogP contribution in [0.25, 0.3) is 33.4 Å². The zero-order valence-electron chi connectivity index (χ0n) is 32.6. The summed E-state index contributed by atoms with van der Waals surface area (Å²) in [6.45, 7) is -1.51. The van der Waals surface area contributed by atoms with E-state index in [1.54, 1.807) is 0 Å². The summed E-state index contributed by atoms with van der Waals surface area (Å²) < 4.78 is 27.8. The van der Waals surface area contributed by atoms with Gasteiger partial charge in [-0.25, -0.2) is 24.0 Å². The number of phenolic OH excluding ortho intramolecular Hbond substituents is 15. The van der Waals surface area contributed by atoms with Crippen molar-refractivity contribution in [3.8, 4) is 120 Å². The Labute approximate surface area is 367 Å². The van der Waals surface area contributed by atoms with Gasteiger partial charge in [0, 0.05) is 38.9 Å². The number of aromatic hydroxyl groups is 15. The Morgan fingerprint density at radius 2 is 0.701 bits per heavy atom. The molecule has 16 N–H and O–H groups in total.